The summed E-state index contributed by atoms with van der Waals surface area (Å²) in [4.78, 5) is 0. The van der Waals surface area contributed by atoms with Crippen LogP contribution in [0.5, 0.6) is 5.75 Å². The highest BCUT2D eigenvalue weighted by Crippen LogP contribution is 2.68. The SMILES string of the molecule is C.C.C.C.C/C=C/C[C@]1(O)CC[C@H]2[C@@H]3CC[C@@]4(O)CC5(CCC4=C3[C@@H](c3ccc(OC4CCCCO4)cc3)C[C@@]21C)OCCO5.S.S.S. The second-order valence-electron chi connectivity index (χ2n) is 14.0. The Labute approximate surface area is 314 Å². The summed E-state index contributed by atoms with van der Waals surface area (Å²) in [6.45, 7) is 6.39. The number of hydrogen-bond donors (Lipinski definition) is 2. The molecule has 48 heavy (non-hydrogen) atoms. The van der Waals surface area contributed by atoms with Gasteiger partial charge in [0.25, 0.3) is 0 Å². The molecule has 0 radical (unpaired) electrons. The van der Waals surface area contributed by atoms with E-state index < -0.39 is 17.0 Å². The van der Waals surface area contributed by atoms with Crippen LogP contribution in [0.2, 0.25) is 0 Å². The van der Waals surface area contributed by atoms with E-state index in [0.717, 1.165) is 76.6 Å². The molecule has 2 heterocycles. The summed E-state index contributed by atoms with van der Waals surface area (Å²) in [6, 6.07) is 8.62. The fourth-order valence-electron chi connectivity index (χ4n) is 9.79. The van der Waals surface area contributed by atoms with Gasteiger partial charge in [0.1, 0.15) is 5.75 Å². The minimum atomic E-state index is -0.887. The van der Waals surface area contributed by atoms with Gasteiger partial charge in [-0.1, -0.05) is 66.5 Å². The number of benzene rings is 1. The second kappa shape index (κ2) is 18.2. The van der Waals surface area contributed by atoms with E-state index in [4.69, 9.17) is 18.9 Å². The van der Waals surface area contributed by atoms with Gasteiger partial charge >= 0.3 is 0 Å². The van der Waals surface area contributed by atoms with E-state index in [1.807, 2.05) is 6.92 Å². The quantitative estimate of drug-likeness (QED) is 0.294. The van der Waals surface area contributed by atoms with Crippen LogP contribution >= 0.6 is 40.5 Å². The molecule has 6 nitrogen and oxygen atoms in total. The van der Waals surface area contributed by atoms with Gasteiger partial charge < -0.3 is 29.2 Å². The highest BCUT2D eigenvalue weighted by Gasteiger charge is 2.64. The Morgan fingerprint density at radius 3 is 2.19 bits per heavy atom. The van der Waals surface area contributed by atoms with Gasteiger partial charge in [0.15, 0.2) is 12.1 Å². The molecule has 6 aliphatic rings. The van der Waals surface area contributed by atoms with Gasteiger partial charge in [-0.15, -0.1) is 0 Å². The van der Waals surface area contributed by atoms with E-state index in [1.165, 1.54) is 16.7 Å². The van der Waals surface area contributed by atoms with Crippen LogP contribution in [0, 0.1) is 17.3 Å². The van der Waals surface area contributed by atoms with Crippen molar-refractivity contribution in [3.63, 3.8) is 0 Å². The van der Waals surface area contributed by atoms with Crippen molar-refractivity contribution in [3.05, 3.63) is 53.1 Å². The number of allylic oxidation sites excluding steroid dienone is 2. The van der Waals surface area contributed by atoms with Crippen LogP contribution in [0.3, 0.4) is 0 Å². The monoisotopic (exact) mass is 730 g/mol. The molecular formula is C39H70O6S3. The predicted molar refractivity (Wildman–Crippen MR) is 214 cm³/mol. The number of rotatable bonds is 5. The Balaban J connectivity index is 0.00000316. The van der Waals surface area contributed by atoms with Gasteiger partial charge in [-0.05, 0) is 99.8 Å². The van der Waals surface area contributed by atoms with Crippen molar-refractivity contribution in [3.8, 4) is 5.75 Å². The lowest BCUT2D eigenvalue weighted by molar-refractivity contribution is -0.208. The van der Waals surface area contributed by atoms with Gasteiger partial charge in [-0.2, -0.15) is 40.5 Å². The molecule has 1 unspecified atom stereocenters. The molecule has 2 saturated heterocycles. The van der Waals surface area contributed by atoms with Gasteiger partial charge in [0.2, 0.25) is 0 Å². The summed E-state index contributed by atoms with van der Waals surface area (Å²) in [6.07, 6.45) is 14.5. The first-order chi connectivity index (χ1) is 19.8. The molecule has 1 aromatic rings. The highest BCUT2D eigenvalue weighted by molar-refractivity contribution is 7.59. The molecule has 1 spiro atoms. The largest absolute Gasteiger partial charge is 0.465 e. The first-order valence-corrected chi connectivity index (χ1v) is 16.2. The molecular weight excluding hydrogens is 661 g/mol. The molecule has 9 heteroatoms. The van der Waals surface area contributed by atoms with Crippen LogP contribution in [-0.2, 0) is 14.2 Å². The maximum Gasteiger partial charge on any atom is 0.199 e. The van der Waals surface area contributed by atoms with E-state index >= 15 is 0 Å². The summed E-state index contributed by atoms with van der Waals surface area (Å²) < 4.78 is 24.2. The highest BCUT2D eigenvalue weighted by atomic mass is 32.1. The fraction of sp³-hybridized carbons (Fsp3) is 0.744. The zero-order chi connectivity index (χ0) is 28.3. The summed E-state index contributed by atoms with van der Waals surface area (Å²) in [5.74, 6) is 1.15. The molecule has 2 N–H and O–H groups in total. The van der Waals surface area contributed by atoms with Crippen molar-refractivity contribution in [1.82, 2.24) is 0 Å². The number of ether oxygens (including phenoxy) is 4. The van der Waals surface area contributed by atoms with E-state index in [1.54, 1.807) is 0 Å². The topological polar surface area (TPSA) is 77.4 Å². The van der Waals surface area contributed by atoms with Crippen molar-refractivity contribution in [1.29, 1.82) is 0 Å². The fourth-order valence-corrected chi connectivity index (χ4v) is 9.79. The Hall–Kier alpha value is -0.650. The molecule has 280 valence electrons. The van der Waals surface area contributed by atoms with Crippen LogP contribution in [0.25, 0.3) is 0 Å². The smallest absolute Gasteiger partial charge is 0.199 e. The Morgan fingerprint density at radius 1 is 0.875 bits per heavy atom. The minimum Gasteiger partial charge on any atom is -0.465 e. The van der Waals surface area contributed by atoms with Gasteiger partial charge in [-0.3, -0.25) is 0 Å². The van der Waals surface area contributed by atoms with Crippen LogP contribution in [-0.4, -0.2) is 53.3 Å². The lowest BCUT2D eigenvalue weighted by atomic mass is 9.49. The van der Waals surface area contributed by atoms with E-state index in [9.17, 15) is 10.2 Å². The van der Waals surface area contributed by atoms with Gasteiger partial charge in [-0.25, -0.2) is 0 Å². The van der Waals surface area contributed by atoms with Gasteiger partial charge in [0, 0.05) is 30.6 Å². The molecule has 7 atom stereocenters. The molecule has 3 saturated carbocycles. The number of fused-ring (bicyclic) bond motifs is 4. The summed E-state index contributed by atoms with van der Waals surface area (Å²) in [7, 11) is 0. The summed E-state index contributed by atoms with van der Waals surface area (Å²) in [5, 5.41) is 24.5. The zero-order valence-electron chi connectivity index (χ0n) is 26.4. The molecule has 0 amide bonds. The standard InChI is InChI=1S/C35H48O6.4CH4.3H2S/c1-3-4-15-34(37)17-13-28-26-12-16-33(36)23-35(39-20-21-40-35)18-14-29(33)31(26)27(22-32(28,34)2)24-8-10-25(11-9-24)41-30-7-5-6-19-38-30;;;;;;;/h3-4,8-11,26-28,30,36-37H,5-7,12-23H2,1-2H3;4*1H4;3*1H2/b4-3+;;;;;;;/t26-,27+,28-,30?,32-,33+,34-;;;;;;;/m0......./s1. The molecule has 0 bridgehead atoms. The Morgan fingerprint density at radius 2 is 1.56 bits per heavy atom. The third-order valence-electron chi connectivity index (χ3n) is 11.9. The number of hydrogen-bond acceptors (Lipinski definition) is 6. The molecule has 5 fully saturated rings. The molecule has 4 aliphatic carbocycles. The van der Waals surface area contributed by atoms with Gasteiger partial charge in [0.05, 0.1) is 31.0 Å². The van der Waals surface area contributed by atoms with Crippen molar-refractivity contribution >= 4 is 40.5 Å². The van der Waals surface area contributed by atoms with Crippen LogP contribution < -0.4 is 4.74 Å². The first-order valence-electron chi connectivity index (χ1n) is 16.2. The van der Waals surface area contributed by atoms with Crippen LogP contribution in [0.1, 0.15) is 132 Å². The maximum atomic E-state index is 12.3. The summed E-state index contributed by atoms with van der Waals surface area (Å²) >= 11 is 0. The molecule has 1 aromatic carbocycles. The third kappa shape index (κ3) is 8.04. The lowest BCUT2D eigenvalue weighted by Gasteiger charge is -2.57. The lowest BCUT2D eigenvalue weighted by Crippen LogP contribution is -2.55. The van der Waals surface area contributed by atoms with Crippen molar-refractivity contribution in [2.75, 3.05) is 19.8 Å². The average Bonchev–Trinajstić information content (AvgIpc) is 3.53. The van der Waals surface area contributed by atoms with Crippen LogP contribution in [0.15, 0.2) is 47.6 Å². The van der Waals surface area contributed by atoms with Crippen molar-refractivity contribution < 1.29 is 29.2 Å². The van der Waals surface area contributed by atoms with Crippen LogP contribution in [0.4, 0.5) is 0 Å². The normalized spacial score (nSPS) is 35.8. The second-order valence-corrected chi connectivity index (χ2v) is 14.0. The third-order valence-corrected chi connectivity index (χ3v) is 11.9. The Bertz CT molecular complexity index is 1190. The average molecular weight is 731 g/mol. The summed E-state index contributed by atoms with van der Waals surface area (Å²) in [5.41, 5.74) is 2.16. The molecule has 7 rings (SSSR count). The minimum absolute atomic E-state index is 0. The maximum absolute atomic E-state index is 12.3. The van der Waals surface area contributed by atoms with E-state index in [0.29, 0.717) is 37.9 Å². The number of aliphatic hydroxyl groups is 2. The zero-order valence-corrected chi connectivity index (χ0v) is 29.4. The molecule has 2 aliphatic heterocycles. The van der Waals surface area contributed by atoms with Crippen molar-refractivity contribution in [2.45, 2.75) is 150 Å². The molecule has 0 aromatic heterocycles. The van der Waals surface area contributed by atoms with E-state index in [2.05, 4.69) is 43.3 Å². The first kappa shape index (κ1) is 47.4. The van der Waals surface area contributed by atoms with E-state index in [-0.39, 0.29) is 87.8 Å². The predicted octanol–water partition coefficient (Wildman–Crippen LogP) is 9.44. The van der Waals surface area contributed by atoms with Crippen molar-refractivity contribution in [2.24, 2.45) is 17.3 Å². The Kier molecular flexibility index (Phi) is 18.0.